The molecule has 0 radical (unpaired) electrons. The summed E-state index contributed by atoms with van der Waals surface area (Å²) in [6.45, 7) is 3.82. The molecule has 0 aliphatic carbocycles. The summed E-state index contributed by atoms with van der Waals surface area (Å²) in [6, 6.07) is 9.13. The van der Waals surface area contributed by atoms with Gasteiger partial charge in [-0.25, -0.2) is 4.79 Å². The van der Waals surface area contributed by atoms with Gasteiger partial charge in [0.1, 0.15) is 17.5 Å². The summed E-state index contributed by atoms with van der Waals surface area (Å²) in [5.41, 5.74) is 0.378. The second-order valence-electron chi connectivity index (χ2n) is 5.81. The number of carbonyl (C=O) groups is 2. The minimum Gasteiger partial charge on any atom is -0.480 e. The van der Waals surface area contributed by atoms with E-state index in [4.69, 9.17) is 4.74 Å². The van der Waals surface area contributed by atoms with E-state index >= 15 is 0 Å². The summed E-state index contributed by atoms with van der Waals surface area (Å²) in [4.78, 5) is 27.4. The normalized spacial score (nSPS) is 11.8. The van der Waals surface area contributed by atoms with Crippen LogP contribution in [0.15, 0.2) is 48.8 Å². The molecular weight excluding hydrogens is 308 g/mol. The van der Waals surface area contributed by atoms with Crippen molar-refractivity contribution in [3.63, 3.8) is 0 Å². The van der Waals surface area contributed by atoms with Gasteiger partial charge in [-0.3, -0.25) is 9.78 Å². The van der Waals surface area contributed by atoms with Crippen LogP contribution in [0.25, 0.3) is 0 Å². The van der Waals surface area contributed by atoms with Crippen LogP contribution in [0.3, 0.4) is 0 Å². The van der Waals surface area contributed by atoms with Gasteiger partial charge in [0.05, 0.1) is 6.20 Å². The fourth-order valence-corrected chi connectivity index (χ4v) is 2.15. The van der Waals surface area contributed by atoms with Crippen LogP contribution in [0, 0.1) is 5.92 Å². The number of benzene rings is 1. The summed E-state index contributed by atoms with van der Waals surface area (Å²) >= 11 is 0. The molecule has 1 aromatic heterocycles. The van der Waals surface area contributed by atoms with E-state index in [1.165, 1.54) is 0 Å². The zero-order valence-electron chi connectivity index (χ0n) is 13.6. The number of hydrogen-bond acceptors (Lipinski definition) is 4. The molecular formula is C18H20N2O4. The van der Waals surface area contributed by atoms with E-state index in [1.54, 1.807) is 48.8 Å². The Bertz CT molecular complexity index is 684. The number of rotatable bonds is 7. The maximum Gasteiger partial charge on any atom is 0.326 e. The van der Waals surface area contributed by atoms with Gasteiger partial charge in [0.25, 0.3) is 5.91 Å². The smallest absolute Gasteiger partial charge is 0.326 e. The number of nitrogens with zero attached hydrogens (tertiary/aromatic N) is 1. The van der Waals surface area contributed by atoms with Crippen molar-refractivity contribution in [3.05, 3.63) is 54.4 Å². The molecule has 0 bridgehead atoms. The lowest BCUT2D eigenvalue weighted by Gasteiger charge is -2.16. The SMILES string of the molecule is CC(C)C[C@H](NC(=O)c1ccc(Oc2cccnc2)cc1)C(=O)O. The Morgan fingerprint density at radius 3 is 2.42 bits per heavy atom. The topological polar surface area (TPSA) is 88.5 Å². The van der Waals surface area contributed by atoms with Crippen molar-refractivity contribution in [3.8, 4) is 11.5 Å². The standard InChI is InChI=1S/C18H20N2O4/c1-12(2)10-16(18(22)23)20-17(21)13-5-7-14(8-6-13)24-15-4-3-9-19-11-15/h3-9,11-12,16H,10H2,1-2H3,(H,20,21)(H,22,23)/t16-/m0/s1. The molecule has 0 unspecified atom stereocenters. The number of aliphatic carboxylic acids is 1. The van der Waals surface area contributed by atoms with Gasteiger partial charge in [-0.05, 0) is 48.7 Å². The van der Waals surface area contributed by atoms with Gasteiger partial charge in [-0.1, -0.05) is 13.8 Å². The molecule has 1 atom stereocenters. The molecule has 1 heterocycles. The predicted molar refractivity (Wildman–Crippen MR) is 89.1 cm³/mol. The van der Waals surface area contributed by atoms with Gasteiger partial charge in [-0.2, -0.15) is 0 Å². The molecule has 1 amide bonds. The predicted octanol–water partition coefficient (Wildman–Crippen LogP) is 3.10. The van der Waals surface area contributed by atoms with Crippen LogP contribution in [0.5, 0.6) is 11.5 Å². The van der Waals surface area contributed by atoms with Crippen LogP contribution in [-0.4, -0.2) is 28.0 Å². The summed E-state index contributed by atoms with van der Waals surface area (Å²) in [5, 5.41) is 11.7. The maximum absolute atomic E-state index is 12.2. The van der Waals surface area contributed by atoms with Crippen LogP contribution in [0.2, 0.25) is 0 Å². The van der Waals surface area contributed by atoms with Crippen molar-refractivity contribution in [2.45, 2.75) is 26.3 Å². The number of hydrogen-bond donors (Lipinski definition) is 2. The van der Waals surface area contributed by atoms with Gasteiger partial charge in [0.2, 0.25) is 0 Å². The second kappa shape index (κ2) is 8.10. The average molecular weight is 328 g/mol. The first-order valence-electron chi connectivity index (χ1n) is 7.67. The van der Waals surface area contributed by atoms with Gasteiger partial charge in [0, 0.05) is 11.8 Å². The first-order valence-corrected chi connectivity index (χ1v) is 7.67. The van der Waals surface area contributed by atoms with Crippen LogP contribution < -0.4 is 10.1 Å². The van der Waals surface area contributed by atoms with Crippen molar-refractivity contribution in [2.75, 3.05) is 0 Å². The lowest BCUT2D eigenvalue weighted by molar-refractivity contribution is -0.139. The van der Waals surface area contributed by atoms with Crippen LogP contribution in [-0.2, 0) is 4.79 Å². The molecule has 126 valence electrons. The highest BCUT2D eigenvalue weighted by molar-refractivity contribution is 5.96. The van der Waals surface area contributed by atoms with E-state index in [9.17, 15) is 14.7 Å². The Hall–Kier alpha value is -2.89. The number of carbonyl (C=O) groups excluding carboxylic acids is 1. The lowest BCUT2D eigenvalue weighted by atomic mass is 10.0. The van der Waals surface area contributed by atoms with E-state index < -0.39 is 17.9 Å². The quantitative estimate of drug-likeness (QED) is 0.815. The van der Waals surface area contributed by atoms with Gasteiger partial charge < -0.3 is 15.2 Å². The average Bonchev–Trinajstić information content (AvgIpc) is 2.55. The van der Waals surface area contributed by atoms with E-state index in [2.05, 4.69) is 10.3 Å². The molecule has 0 saturated carbocycles. The Morgan fingerprint density at radius 1 is 1.17 bits per heavy atom. The number of ether oxygens (including phenoxy) is 1. The molecule has 2 N–H and O–H groups in total. The fraction of sp³-hybridized carbons (Fsp3) is 0.278. The van der Waals surface area contributed by atoms with Crippen LogP contribution in [0.4, 0.5) is 0 Å². The molecule has 24 heavy (non-hydrogen) atoms. The van der Waals surface area contributed by atoms with Crippen molar-refractivity contribution in [2.24, 2.45) is 5.92 Å². The molecule has 6 nitrogen and oxygen atoms in total. The third-order valence-corrected chi connectivity index (χ3v) is 3.30. The van der Waals surface area contributed by atoms with E-state index in [0.717, 1.165) is 0 Å². The Morgan fingerprint density at radius 2 is 1.88 bits per heavy atom. The van der Waals surface area contributed by atoms with Crippen molar-refractivity contribution in [1.29, 1.82) is 0 Å². The summed E-state index contributed by atoms with van der Waals surface area (Å²) in [7, 11) is 0. The van der Waals surface area contributed by atoms with Crippen LogP contribution in [0.1, 0.15) is 30.6 Å². The number of aromatic nitrogens is 1. The second-order valence-corrected chi connectivity index (χ2v) is 5.81. The van der Waals surface area contributed by atoms with Crippen molar-refractivity contribution < 1.29 is 19.4 Å². The monoisotopic (exact) mass is 328 g/mol. The number of nitrogens with one attached hydrogen (secondary N) is 1. The Labute approximate surface area is 140 Å². The lowest BCUT2D eigenvalue weighted by Crippen LogP contribution is -2.41. The molecule has 0 aliphatic rings. The zero-order chi connectivity index (χ0) is 17.5. The zero-order valence-corrected chi connectivity index (χ0v) is 13.6. The first-order chi connectivity index (χ1) is 11.5. The van der Waals surface area contributed by atoms with E-state index in [-0.39, 0.29) is 5.92 Å². The first kappa shape index (κ1) is 17.5. The molecule has 1 aromatic carbocycles. The van der Waals surface area contributed by atoms with Gasteiger partial charge in [0.15, 0.2) is 0 Å². The number of carboxylic acids is 1. The molecule has 2 aromatic rings. The minimum absolute atomic E-state index is 0.168. The summed E-state index contributed by atoms with van der Waals surface area (Å²) in [5.74, 6) is -0.125. The van der Waals surface area contributed by atoms with Gasteiger partial charge in [-0.15, -0.1) is 0 Å². The number of amides is 1. The minimum atomic E-state index is -1.03. The van der Waals surface area contributed by atoms with E-state index in [0.29, 0.717) is 23.5 Å². The van der Waals surface area contributed by atoms with Crippen molar-refractivity contribution in [1.82, 2.24) is 10.3 Å². The molecule has 0 aliphatic heterocycles. The summed E-state index contributed by atoms with van der Waals surface area (Å²) in [6.07, 6.45) is 3.61. The molecule has 0 saturated heterocycles. The number of carboxylic acid groups (broad SMARTS) is 1. The highest BCUT2D eigenvalue weighted by atomic mass is 16.5. The third kappa shape index (κ3) is 5.08. The highest BCUT2D eigenvalue weighted by Gasteiger charge is 2.21. The Balaban J connectivity index is 2.01. The van der Waals surface area contributed by atoms with E-state index in [1.807, 2.05) is 13.8 Å². The van der Waals surface area contributed by atoms with Gasteiger partial charge >= 0.3 is 5.97 Å². The largest absolute Gasteiger partial charge is 0.480 e. The maximum atomic E-state index is 12.2. The molecule has 0 fully saturated rings. The highest BCUT2D eigenvalue weighted by Crippen LogP contribution is 2.20. The molecule has 2 rings (SSSR count). The van der Waals surface area contributed by atoms with Crippen LogP contribution >= 0.6 is 0 Å². The fourth-order valence-electron chi connectivity index (χ4n) is 2.15. The summed E-state index contributed by atoms with van der Waals surface area (Å²) < 4.78 is 5.60. The molecule has 6 heteroatoms. The third-order valence-electron chi connectivity index (χ3n) is 3.30. The Kier molecular flexibility index (Phi) is 5.89. The molecule has 0 spiro atoms. The number of pyridine rings is 1. The van der Waals surface area contributed by atoms with Crippen molar-refractivity contribution >= 4 is 11.9 Å².